The molecular formula is C36H40Cl2N6O5. The first-order chi connectivity index (χ1) is 23.3. The molecule has 0 spiro atoms. The van der Waals surface area contributed by atoms with Crippen LogP contribution in [-0.2, 0) is 17.7 Å². The average molecular weight is 708 g/mol. The summed E-state index contributed by atoms with van der Waals surface area (Å²) >= 11 is 12.3. The zero-order valence-electron chi connectivity index (χ0n) is 27.7. The van der Waals surface area contributed by atoms with Gasteiger partial charge in [0.15, 0.2) is 0 Å². The Bertz CT molecular complexity index is 1900. The number of hydrogen-bond donors (Lipinski definition) is 4. The fraction of sp³-hybridized carbons (Fsp3) is 0.389. The van der Waals surface area contributed by atoms with Crippen LogP contribution < -0.4 is 21.5 Å². The van der Waals surface area contributed by atoms with Crippen LogP contribution in [0.1, 0.15) is 91.4 Å². The van der Waals surface area contributed by atoms with Gasteiger partial charge in [-0.3, -0.25) is 14.4 Å². The Labute approximate surface area is 294 Å². The lowest BCUT2D eigenvalue weighted by molar-refractivity contribution is 0.0486. The summed E-state index contributed by atoms with van der Waals surface area (Å²) in [4.78, 5) is 62.7. The summed E-state index contributed by atoms with van der Waals surface area (Å²) in [6.07, 6.45) is 7.70. The van der Waals surface area contributed by atoms with Crippen molar-refractivity contribution in [3.05, 3.63) is 97.6 Å². The first-order valence-corrected chi connectivity index (χ1v) is 17.1. The second-order valence-corrected chi connectivity index (χ2v) is 14.2. The van der Waals surface area contributed by atoms with Crippen molar-refractivity contribution in [2.45, 2.75) is 83.9 Å². The third-order valence-corrected chi connectivity index (χ3v) is 8.85. The number of anilines is 1. The Balaban J connectivity index is 1.14. The number of aromatic amines is 1. The molecule has 2 aromatic carbocycles. The summed E-state index contributed by atoms with van der Waals surface area (Å²) in [7, 11) is 0. The van der Waals surface area contributed by atoms with E-state index in [0.717, 1.165) is 44.1 Å². The van der Waals surface area contributed by atoms with Gasteiger partial charge < -0.3 is 25.7 Å². The van der Waals surface area contributed by atoms with E-state index >= 15 is 0 Å². The Kier molecular flexibility index (Phi) is 11.6. The van der Waals surface area contributed by atoms with E-state index in [4.69, 9.17) is 27.9 Å². The molecule has 1 aliphatic carbocycles. The number of aromatic nitrogens is 3. The van der Waals surface area contributed by atoms with Crippen molar-refractivity contribution in [1.82, 2.24) is 25.6 Å². The molecule has 2 aromatic heterocycles. The fourth-order valence-corrected chi connectivity index (χ4v) is 6.20. The Morgan fingerprint density at radius 1 is 1.00 bits per heavy atom. The number of aryl methyl sites for hydroxylation is 1. The molecule has 0 bridgehead atoms. The molecule has 0 unspecified atom stereocenters. The number of H-pyrrole nitrogens is 1. The third kappa shape index (κ3) is 10.3. The molecule has 49 heavy (non-hydrogen) atoms. The summed E-state index contributed by atoms with van der Waals surface area (Å²) in [6, 6.07) is 13.2. The van der Waals surface area contributed by atoms with Crippen LogP contribution in [0.5, 0.6) is 0 Å². The number of carbonyl (C=O) groups excluding carboxylic acids is 3. The predicted octanol–water partition coefficient (Wildman–Crippen LogP) is 7.21. The average Bonchev–Trinajstić information content (AvgIpc) is 3.04. The summed E-state index contributed by atoms with van der Waals surface area (Å²) in [5, 5.41) is 9.71. The van der Waals surface area contributed by atoms with Gasteiger partial charge in [-0.2, -0.15) is 0 Å². The summed E-state index contributed by atoms with van der Waals surface area (Å²) in [5.41, 5.74) is 0.362. The number of benzene rings is 2. The highest BCUT2D eigenvalue weighted by atomic mass is 35.5. The summed E-state index contributed by atoms with van der Waals surface area (Å²) in [6.45, 7) is 5.82. The van der Waals surface area contributed by atoms with Crippen LogP contribution in [0.2, 0.25) is 10.0 Å². The molecule has 0 saturated heterocycles. The van der Waals surface area contributed by atoms with Crippen molar-refractivity contribution >= 4 is 57.8 Å². The molecule has 4 N–H and O–H groups in total. The van der Waals surface area contributed by atoms with E-state index in [9.17, 15) is 19.2 Å². The van der Waals surface area contributed by atoms with Crippen LogP contribution in [0.3, 0.4) is 0 Å². The lowest BCUT2D eigenvalue weighted by Gasteiger charge is -2.30. The fourth-order valence-electron chi connectivity index (χ4n) is 5.82. The maximum Gasteiger partial charge on any atom is 0.407 e. The van der Waals surface area contributed by atoms with Gasteiger partial charge in [-0.1, -0.05) is 41.8 Å². The van der Waals surface area contributed by atoms with Crippen LogP contribution >= 0.6 is 23.2 Å². The van der Waals surface area contributed by atoms with Gasteiger partial charge in [-0.05, 0) is 101 Å². The second kappa shape index (κ2) is 15.8. The number of fused-ring (bicyclic) bond motifs is 1. The third-order valence-electron chi connectivity index (χ3n) is 8.29. The summed E-state index contributed by atoms with van der Waals surface area (Å²) < 4.78 is 5.37. The molecule has 11 nitrogen and oxygen atoms in total. The van der Waals surface area contributed by atoms with Crippen molar-refractivity contribution < 1.29 is 19.1 Å². The number of amides is 3. The van der Waals surface area contributed by atoms with Crippen molar-refractivity contribution in [2.24, 2.45) is 5.92 Å². The molecule has 1 saturated carbocycles. The number of ether oxygens (including phenoxy) is 1. The molecule has 13 heteroatoms. The van der Waals surface area contributed by atoms with Gasteiger partial charge in [-0.15, -0.1) is 0 Å². The molecule has 5 rings (SSSR count). The Hall–Kier alpha value is -4.48. The van der Waals surface area contributed by atoms with Crippen molar-refractivity contribution in [3.8, 4) is 0 Å². The molecule has 0 radical (unpaired) electrons. The number of carbonyl (C=O) groups is 3. The van der Waals surface area contributed by atoms with Gasteiger partial charge in [0.2, 0.25) is 0 Å². The maximum atomic E-state index is 13.2. The molecule has 2 heterocycles. The van der Waals surface area contributed by atoms with E-state index in [0.29, 0.717) is 34.2 Å². The summed E-state index contributed by atoms with van der Waals surface area (Å²) in [5.74, 6) is 0.110. The first-order valence-electron chi connectivity index (χ1n) is 16.3. The van der Waals surface area contributed by atoms with E-state index in [1.54, 1.807) is 30.5 Å². The number of alkyl carbamates (subject to hydrolysis) is 1. The SMILES string of the molecule is CC(C)(C)OC(=O)NC1CCC(CCCc2ncc3cc(C(=O)Nc4cc(C(=O)NCc5cccc(Cl)c5)ccc4Cl)c(=O)[nH]c3n2)CC1. The zero-order chi connectivity index (χ0) is 35.1. The van der Waals surface area contributed by atoms with Crippen molar-refractivity contribution in [2.75, 3.05) is 5.32 Å². The monoisotopic (exact) mass is 706 g/mol. The van der Waals surface area contributed by atoms with Crippen LogP contribution in [0.15, 0.2) is 59.5 Å². The Morgan fingerprint density at radius 2 is 1.78 bits per heavy atom. The first kappa shape index (κ1) is 35.8. The maximum absolute atomic E-state index is 13.2. The van der Waals surface area contributed by atoms with Crippen LogP contribution in [-0.4, -0.2) is 44.5 Å². The highest BCUT2D eigenvalue weighted by Gasteiger charge is 2.25. The minimum atomic E-state index is -0.693. The molecule has 0 atom stereocenters. The van der Waals surface area contributed by atoms with Crippen molar-refractivity contribution in [3.63, 3.8) is 0 Å². The molecule has 4 aromatic rings. The smallest absolute Gasteiger partial charge is 0.407 e. The molecular weight excluding hydrogens is 667 g/mol. The van der Waals surface area contributed by atoms with E-state index < -0.39 is 17.1 Å². The van der Waals surface area contributed by atoms with Gasteiger partial charge in [-0.25, -0.2) is 14.8 Å². The van der Waals surface area contributed by atoms with Gasteiger partial charge in [0.25, 0.3) is 17.4 Å². The molecule has 3 amide bonds. The highest BCUT2D eigenvalue weighted by molar-refractivity contribution is 6.34. The standard InChI is InChI=1S/C36H40Cl2N6O5/c1-36(2,3)49-35(48)41-26-13-10-21(11-14-26)6-5-9-30-39-20-24-17-27(34(47)44-31(24)43-30)33(46)42-29-18-23(12-15-28(29)38)32(45)40-19-22-7-4-8-25(37)16-22/h4,7-8,12,15-18,20-21,26H,5-6,9-11,13-14,19H2,1-3H3,(H,40,45)(H,41,48)(H,42,46)(H,39,43,44,47). The lowest BCUT2D eigenvalue weighted by atomic mass is 9.83. The number of hydrogen-bond acceptors (Lipinski definition) is 7. The number of halogens is 2. The molecule has 1 fully saturated rings. The molecule has 0 aliphatic heterocycles. The van der Waals surface area contributed by atoms with Crippen LogP contribution in [0.4, 0.5) is 10.5 Å². The normalized spacial score (nSPS) is 16.2. The van der Waals surface area contributed by atoms with E-state index in [1.165, 1.54) is 18.2 Å². The van der Waals surface area contributed by atoms with Gasteiger partial charge in [0.1, 0.15) is 22.6 Å². The molecule has 1 aliphatic rings. The predicted molar refractivity (Wildman–Crippen MR) is 190 cm³/mol. The van der Waals surface area contributed by atoms with Gasteiger partial charge in [0.05, 0.1) is 10.7 Å². The van der Waals surface area contributed by atoms with Crippen LogP contribution in [0.25, 0.3) is 11.0 Å². The minimum absolute atomic E-state index is 0.137. The molecule has 258 valence electrons. The Morgan fingerprint density at radius 3 is 2.51 bits per heavy atom. The highest BCUT2D eigenvalue weighted by Crippen LogP contribution is 2.29. The number of rotatable bonds is 10. The van der Waals surface area contributed by atoms with Gasteiger partial charge in [0, 0.05) is 41.2 Å². The quantitative estimate of drug-likeness (QED) is 0.136. The second-order valence-electron chi connectivity index (χ2n) is 13.3. The number of nitrogens with zero attached hydrogens (tertiary/aromatic N) is 2. The largest absolute Gasteiger partial charge is 0.444 e. The van der Waals surface area contributed by atoms with Crippen molar-refractivity contribution in [1.29, 1.82) is 0 Å². The van der Waals surface area contributed by atoms with Gasteiger partial charge >= 0.3 is 6.09 Å². The van der Waals surface area contributed by atoms with Crippen LogP contribution in [0, 0.1) is 5.92 Å². The zero-order valence-corrected chi connectivity index (χ0v) is 29.2. The van der Waals surface area contributed by atoms with E-state index in [-0.39, 0.29) is 46.4 Å². The minimum Gasteiger partial charge on any atom is -0.444 e. The number of nitrogens with one attached hydrogen (secondary N) is 4. The van der Waals surface area contributed by atoms with E-state index in [1.807, 2.05) is 26.8 Å². The lowest BCUT2D eigenvalue weighted by Crippen LogP contribution is -2.40. The van der Waals surface area contributed by atoms with E-state index in [2.05, 4.69) is 30.9 Å². The number of pyridine rings is 1. The topological polar surface area (TPSA) is 155 Å².